The van der Waals surface area contributed by atoms with Gasteiger partial charge in [-0.1, -0.05) is 57.2 Å². The lowest BCUT2D eigenvalue weighted by Gasteiger charge is -2.22. The summed E-state index contributed by atoms with van der Waals surface area (Å²) in [5, 5.41) is 0.987. The van der Waals surface area contributed by atoms with E-state index in [2.05, 4.69) is 21.9 Å². The van der Waals surface area contributed by atoms with Gasteiger partial charge < -0.3 is 9.88 Å². The first-order chi connectivity index (χ1) is 13.3. The molecule has 2 heterocycles. The van der Waals surface area contributed by atoms with Crippen LogP contribution >= 0.6 is 0 Å². The number of nitrogens with one attached hydrogen (secondary N) is 1. The first kappa shape index (κ1) is 19.1. The standard InChI is InChI=1S/C22H28N4O/c1-2-3-4-5-6-9-14-26(17-21-23-12-13-24-21)22(27)19-15-18-10-7-8-11-20(18)25-16-19/h7-8,10-13,15-16H,2-6,9,14,17H2,1H3,(H,23,24). The first-order valence-corrected chi connectivity index (χ1v) is 9.90. The maximum absolute atomic E-state index is 13.1. The molecule has 0 fully saturated rings. The van der Waals surface area contributed by atoms with E-state index in [-0.39, 0.29) is 5.91 Å². The second kappa shape index (κ2) is 9.86. The molecule has 0 saturated carbocycles. The van der Waals surface area contributed by atoms with Crippen molar-refractivity contribution in [2.24, 2.45) is 0 Å². The van der Waals surface area contributed by atoms with Gasteiger partial charge in [-0.2, -0.15) is 0 Å². The minimum absolute atomic E-state index is 0.0122. The molecule has 3 rings (SSSR count). The summed E-state index contributed by atoms with van der Waals surface area (Å²) in [6.07, 6.45) is 12.4. The maximum Gasteiger partial charge on any atom is 0.255 e. The number of H-pyrrole nitrogens is 1. The highest BCUT2D eigenvalue weighted by Gasteiger charge is 2.17. The number of aromatic amines is 1. The number of para-hydroxylation sites is 1. The lowest BCUT2D eigenvalue weighted by Crippen LogP contribution is -2.32. The van der Waals surface area contributed by atoms with Crippen molar-refractivity contribution in [1.29, 1.82) is 0 Å². The normalized spacial score (nSPS) is 11.0. The number of rotatable bonds is 10. The van der Waals surface area contributed by atoms with Gasteiger partial charge in [0.1, 0.15) is 5.82 Å². The Hall–Kier alpha value is -2.69. The Kier molecular flexibility index (Phi) is 6.97. The number of benzene rings is 1. The molecule has 1 N–H and O–H groups in total. The summed E-state index contributed by atoms with van der Waals surface area (Å²) in [6, 6.07) is 9.80. The Balaban J connectivity index is 1.68. The Morgan fingerprint density at radius 1 is 1.07 bits per heavy atom. The van der Waals surface area contributed by atoms with E-state index in [0.717, 1.165) is 36.1 Å². The molecule has 0 radical (unpaired) electrons. The third-order valence-electron chi connectivity index (χ3n) is 4.80. The third kappa shape index (κ3) is 5.39. The number of nitrogens with zero attached hydrogens (tertiary/aromatic N) is 3. The number of amides is 1. The zero-order valence-electron chi connectivity index (χ0n) is 16.0. The zero-order chi connectivity index (χ0) is 18.9. The van der Waals surface area contributed by atoms with E-state index in [4.69, 9.17) is 0 Å². The van der Waals surface area contributed by atoms with Crippen molar-refractivity contribution in [2.45, 2.75) is 52.0 Å². The van der Waals surface area contributed by atoms with Gasteiger partial charge in [0.25, 0.3) is 5.91 Å². The molecule has 0 aliphatic carbocycles. The van der Waals surface area contributed by atoms with Gasteiger partial charge >= 0.3 is 0 Å². The highest BCUT2D eigenvalue weighted by molar-refractivity contribution is 5.97. The molecule has 2 aromatic heterocycles. The van der Waals surface area contributed by atoms with E-state index in [9.17, 15) is 4.79 Å². The first-order valence-electron chi connectivity index (χ1n) is 9.90. The van der Waals surface area contributed by atoms with Crippen molar-refractivity contribution >= 4 is 16.8 Å². The van der Waals surface area contributed by atoms with E-state index in [0.29, 0.717) is 12.1 Å². The Labute approximate surface area is 160 Å². The third-order valence-corrected chi connectivity index (χ3v) is 4.80. The minimum atomic E-state index is 0.0122. The fourth-order valence-corrected chi connectivity index (χ4v) is 3.27. The number of hydrogen-bond donors (Lipinski definition) is 1. The zero-order valence-corrected chi connectivity index (χ0v) is 16.0. The number of hydrogen-bond acceptors (Lipinski definition) is 3. The molecule has 5 nitrogen and oxygen atoms in total. The molecular formula is C22H28N4O. The van der Waals surface area contributed by atoms with Gasteiger partial charge in [-0.3, -0.25) is 9.78 Å². The molecule has 0 saturated heterocycles. The number of carbonyl (C=O) groups excluding carboxylic acids is 1. The molecule has 0 atom stereocenters. The van der Waals surface area contributed by atoms with E-state index in [1.165, 1.54) is 25.7 Å². The Bertz CT molecular complexity index is 844. The molecule has 0 aliphatic rings. The highest BCUT2D eigenvalue weighted by Crippen LogP contribution is 2.16. The van der Waals surface area contributed by atoms with Gasteiger partial charge in [-0.15, -0.1) is 0 Å². The van der Waals surface area contributed by atoms with Gasteiger partial charge in [0.2, 0.25) is 0 Å². The van der Waals surface area contributed by atoms with Crippen LogP contribution in [0.5, 0.6) is 0 Å². The summed E-state index contributed by atoms with van der Waals surface area (Å²) < 4.78 is 0. The quantitative estimate of drug-likeness (QED) is 0.517. The predicted molar refractivity (Wildman–Crippen MR) is 108 cm³/mol. The van der Waals surface area contributed by atoms with Crippen LogP contribution in [0, 0.1) is 0 Å². The Morgan fingerprint density at radius 3 is 2.70 bits per heavy atom. The van der Waals surface area contributed by atoms with E-state index in [1.807, 2.05) is 35.2 Å². The van der Waals surface area contributed by atoms with Crippen LogP contribution < -0.4 is 0 Å². The lowest BCUT2D eigenvalue weighted by molar-refractivity contribution is 0.0735. The van der Waals surface area contributed by atoms with Crippen LogP contribution in [0.25, 0.3) is 10.9 Å². The number of unbranched alkanes of at least 4 members (excludes halogenated alkanes) is 5. The second-order valence-electron chi connectivity index (χ2n) is 6.95. The summed E-state index contributed by atoms with van der Waals surface area (Å²) >= 11 is 0. The number of imidazole rings is 1. The van der Waals surface area contributed by atoms with Crippen LogP contribution in [-0.4, -0.2) is 32.3 Å². The molecule has 0 spiro atoms. The van der Waals surface area contributed by atoms with Gasteiger partial charge in [-0.05, 0) is 18.6 Å². The maximum atomic E-state index is 13.1. The van der Waals surface area contributed by atoms with Crippen LogP contribution in [0.2, 0.25) is 0 Å². The van der Waals surface area contributed by atoms with Crippen molar-refractivity contribution in [3.8, 4) is 0 Å². The topological polar surface area (TPSA) is 61.9 Å². The van der Waals surface area contributed by atoms with E-state index >= 15 is 0 Å². The van der Waals surface area contributed by atoms with Gasteiger partial charge in [0, 0.05) is 30.5 Å². The predicted octanol–water partition coefficient (Wildman–Crippen LogP) is 4.96. The van der Waals surface area contributed by atoms with Crippen molar-refractivity contribution in [3.63, 3.8) is 0 Å². The van der Waals surface area contributed by atoms with Crippen molar-refractivity contribution in [3.05, 3.63) is 60.3 Å². The molecular weight excluding hydrogens is 336 g/mol. The van der Waals surface area contributed by atoms with Crippen LogP contribution in [0.3, 0.4) is 0 Å². The summed E-state index contributed by atoms with van der Waals surface area (Å²) in [6.45, 7) is 3.45. The molecule has 0 bridgehead atoms. The minimum Gasteiger partial charge on any atom is -0.347 e. The van der Waals surface area contributed by atoms with Crippen LogP contribution in [0.4, 0.5) is 0 Å². The summed E-state index contributed by atoms with van der Waals surface area (Å²) in [4.78, 5) is 26.8. The summed E-state index contributed by atoms with van der Waals surface area (Å²) in [7, 11) is 0. The van der Waals surface area contributed by atoms with Gasteiger partial charge in [-0.25, -0.2) is 4.98 Å². The highest BCUT2D eigenvalue weighted by atomic mass is 16.2. The van der Waals surface area contributed by atoms with Crippen LogP contribution in [0.1, 0.15) is 61.6 Å². The largest absolute Gasteiger partial charge is 0.347 e. The molecule has 1 amide bonds. The molecule has 1 aromatic carbocycles. The molecule has 0 unspecified atom stereocenters. The second-order valence-corrected chi connectivity index (χ2v) is 6.95. The van der Waals surface area contributed by atoms with Crippen LogP contribution in [-0.2, 0) is 6.54 Å². The molecule has 27 heavy (non-hydrogen) atoms. The average molecular weight is 364 g/mol. The summed E-state index contributed by atoms with van der Waals surface area (Å²) in [5.74, 6) is 0.821. The van der Waals surface area contributed by atoms with E-state index in [1.54, 1.807) is 18.6 Å². The van der Waals surface area contributed by atoms with E-state index < -0.39 is 0 Å². The molecule has 0 aliphatic heterocycles. The number of carbonyl (C=O) groups is 1. The smallest absolute Gasteiger partial charge is 0.255 e. The Morgan fingerprint density at radius 2 is 1.89 bits per heavy atom. The van der Waals surface area contributed by atoms with Crippen molar-refractivity contribution in [1.82, 2.24) is 19.9 Å². The molecule has 142 valence electrons. The van der Waals surface area contributed by atoms with Gasteiger partial charge in [0.05, 0.1) is 17.6 Å². The molecule has 5 heteroatoms. The average Bonchev–Trinajstić information content (AvgIpc) is 3.22. The monoisotopic (exact) mass is 364 g/mol. The number of aromatic nitrogens is 3. The number of pyridine rings is 1. The van der Waals surface area contributed by atoms with Gasteiger partial charge in [0.15, 0.2) is 0 Å². The molecule has 3 aromatic rings. The van der Waals surface area contributed by atoms with Crippen LogP contribution in [0.15, 0.2) is 48.9 Å². The van der Waals surface area contributed by atoms with Crippen molar-refractivity contribution < 1.29 is 4.79 Å². The fourth-order valence-electron chi connectivity index (χ4n) is 3.27. The van der Waals surface area contributed by atoms with Crippen molar-refractivity contribution in [2.75, 3.05) is 6.54 Å². The lowest BCUT2D eigenvalue weighted by atomic mass is 10.1. The fraction of sp³-hybridized carbons (Fsp3) is 0.409. The number of fused-ring (bicyclic) bond motifs is 1. The SMILES string of the molecule is CCCCCCCCN(Cc1ncc[nH]1)C(=O)c1cnc2ccccc2c1. The summed E-state index contributed by atoms with van der Waals surface area (Å²) in [5.41, 5.74) is 1.54.